The standard InChI is InChI=1S/C24H22N2O6/c1-3-32-20-13-15(9-10-19(20)31-2)18(14-21(27)28)26-23(29)16-7-6-8-17(22(16)24(26)30)25-11-4-5-12-25/h4-13,18H,3,14H2,1-2H3,(H,27,28). The maximum Gasteiger partial charge on any atom is 0.305 e. The van der Waals surface area contributed by atoms with E-state index in [4.69, 9.17) is 9.47 Å². The number of rotatable bonds is 8. The van der Waals surface area contributed by atoms with Crippen molar-refractivity contribution in [1.82, 2.24) is 9.47 Å². The summed E-state index contributed by atoms with van der Waals surface area (Å²) in [6, 6.07) is 12.6. The molecule has 0 aliphatic carbocycles. The largest absolute Gasteiger partial charge is 0.493 e. The van der Waals surface area contributed by atoms with Crippen molar-refractivity contribution in [3.8, 4) is 17.2 Å². The lowest BCUT2D eigenvalue weighted by molar-refractivity contribution is -0.138. The van der Waals surface area contributed by atoms with Crippen LogP contribution in [0, 0.1) is 0 Å². The summed E-state index contributed by atoms with van der Waals surface area (Å²) >= 11 is 0. The number of amides is 2. The van der Waals surface area contributed by atoms with Gasteiger partial charge in [0, 0.05) is 12.4 Å². The SMILES string of the molecule is CCOc1cc(C(CC(=O)O)N2C(=O)c3cccc(-n4cccc4)c3C2=O)ccc1OC. The lowest BCUT2D eigenvalue weighted by Gasteiger charge is -2.26. The average molecular weight is 434 g/mol. The summed E-state index contributed by atoms with van der Waals surface area (Å²) in [5.74, 6) is -1.31. The minimum Gasteiger partial charge on any atom is -0.493 e. The number of imide groups is 1. The van der Waals surface area contributed by atoms with Gasteiger partial charge in [-0.05, 0) is 48.9 Å². The zero-order valence-corrected chi connectivity index (χ0v) is 17.6. The van der Waals surface area contributed by atoms with E-state index >= 15 is 0 Å². The second-order valence-electron chi connectivity index (χ2n) is 7.23. The Hall–Kier alpha value is -4.07. The van der Waals surface area contributed by atoms with Crippen LogP contribution in [0.1, 0.15) is 45.7 Å². The number of ether oxygens (including phenoxy) is 2. The molecule has 2 amide bonds. The summed E-state index contributed by atoms with van der Waals surface area (Å²) in [5, 5.41) is 9.56. The number of aromatic nitrogens is 1. The molecule has 3 aromatic rings. The number of hydrogen-bond donors (Lipinski definition) is 1. The molecular formula is C24H22N2O6. The monoisotopic (exact) mass is 434 g/mol. The van der Waals surface area contributed by atoms with Crippen LogP contribution in [0.3, 0.4) is 0 Å². The fourth-order valence-corrected chi connectivity index (χ4v) is 3.97. The number of methoxy groups -OCH3 is 1. The van der Waals surface area contributed by atoms with Gasteiger partial charge in [0.15, 0.2) is 11.5 Å². The third kappa shape index (κ3) is 3.60. The van der Waals surface area contributed by atoms with Crippen LogP contribution in [-0.4, -0.2) is 46.1 Å². The van der Waals surface area contributed by atoms with Crippen molar-refractivity contribution < 1.29 is 29.0 Å². The minimum atomic E-state index is -1.13. The molecule has 8 nitrogen and oxygen atoms in total. The Morgan fingerprint density at radius 1 is 1.03 bits per heavy atom. The molecule has 1 atom stereocenters. The maximum atomic E-state index is 13.5. The third-order valence-corrected chi connectivity index (χ3v) is 5.36. The molecule has 0 fully saturated rings. The van der Waals surface area contributed by atoms with Crippen LogP contribution in [-0.2, 0) is 4.79 Å². The molecule has 4 rings (SSSR count). The molecule has 2 heterocycles. The van der Waals surface area contributed by atoms with Gasteiger partial charge in [-0.3, -0.25) is 19.3 Å². The summed E-state index contributed by atoms with van der Waals surface area (Å²) in [7, 11) is 1.50. The Balaban J connectivity index is 1.81. The molecule has 0 radical (unpaired) electrons. The Morgan fingerprint density at radius 2 is 1.78 bits per heavy atom. The smallest absolute Gasteiger partial charge is 0.305 e. The Bertz CT molecular complexity index is 1190. The molecule has 164 valence electrons. The number of carboxylic acid groups (broad SMARTS) is 1. The molecule has 32 heavy (non-hydrogen) atoms. The van der Waals surface area contributed by atoms with E-state index in [0.717, 1.165) is 4.90 Å². The molecule has 0 bridgehead atoms. The van der Waals surface area contributed by atoms with Gasteiger partial charge in [-0.25, -0.2) is 0 Å². The second-order valence-corrected chi connectivity index (χ2v) is 7.23. The van der Waals surface area contributed by atoms with Gasteiger partial charge in [0.25, 0.3) is 11.8 Å². The zero-order chi connectivity index (χ0) is 22.8. The molecule has 1 aliphatic heterocycles. The van der Waals surface area contributed by atoms with Crippen LogP contribution in [0.4, 0.5) is 0 Å². The van der Waals surface area contributed by atoms with Gasteiger partial charge in [0.05, 0.1) is 43.0 Å². The molecule has 1 unspecified atom stereocenters. The van der Waals surface area contributed by atoms with Gasteiger partial charge in [-0.15, -0.1) is 0 Å². The van der Waals surface area contributed by atoms with Crippen LogP contribution in [0.2, 0.25) is 0 Å². The van der Waals surface area contributed by atoms with Crippen molar-refractivity contribution in [2.24, 2.45) is 0 Å². The number of fused-ring (bicyclic) bond motifs is 1. The summed E-state index contributed by atoms with van der Waals surface area (Å²) < 4.78 is 12.7. The molecule has 0 saturated carbocycles. The Labute approximate surface area is 184 Å². The molecule has 0 spiro atoms. The highest BCUT2D eigenvalue weighted by atomic mass is 16.5. The van der Waals surface area contributed by atoms with Crippen molar-refractivity contribution in [3.63, 3.8) is 0 Å². The number of aliphatic carboxylic acids is 1. The summed E-state index contributed by atoms with van der Waals surface area (Å²) in [6.45, 7) is 2.18. The highest BCUT2D eigenvalue weighted by Gasteiger charge is 2.43. The number of hydrogen-bond acceptors (Lipinski definition) is 5. The van der Waals surface area contributed by atoms with Crippen molar-refractivity contribution >= 4 is 17.8 Å². The van der Waals surface area contributed by atoms with Crippen molar-refractivity contribution in [3.05, 3.63) is 77.6 Å². The van der Waals surface area contributed by atoms with Crippen molar-refractivity contribution in [2.45, 2.75) is 19.4 Å². The first-order chi connectivity index (χ1) is 15.5. The van der Waals surface area contributed by atoms with Gasteiger partial charge in [-0.1, -0.05) is 12.1 Å². The first kappa shape index (κ1) is 21.2. The number of benzene rings is 2. The minimum absolute atomic E-state index is 0.245. The number of carbonyl (C=O) groups is 3. The quantitative estimate of drug-likeness (QED) is 0.543. The van der Waals surface area contributed by atoms with Gasteiger partial charge in [-0.2, -0.15) is 0 Å². The zero-order valence-electron chi connectivity index (χ0n) is 17.6. The fourth-order valence-electron chi connectivity index (χ4n) is 3.97. The lowest BCUT2D eigenvalue weighted by Crippen LogP contribution is -2.35. The molecule has 8 heteroatoms. The van der Waals surface area contributed by atoms with Gasteiger partial charge < -0.3 is 19.1 Å². The van der Waals surface area contributed by atoms with Crippen molar-refractivity contribution in [2.75, 3.05) is 13.7 Å². The Morgan fingerprint density at radius 3 is 2.44 bits per heavy atom. The van der Waals surface area contributed by atoms with E-state index in [-0.39, 0.29) is 11.1 Å². The van der Waals surface area contributed by atoms with E-state index in [1.165, 1.54) is 7.11 Å². The molecule has 1 aliphatic rings. The summed E-state index contributed by atoms with van der Waals surface area (Å²) in [5.41, 5.74) is 1.53. The van der Waals surface area contributed by atoms with Crippen LogP contribution >= 0.6 is 0 Å². The topological polar surface area (TPSA) is 98.1 Å². The van der Waals surface area contributed by atoms with Crippen LogP contribution < -0.4 is 9.47 Å². The average Bonchev–Trinajstić information content (AvgIpc) is 3.40. The molecule has 0 saturated heterocycles. The molecular weight excluding hydrogens is 412 g/mol. The predicted molar refractivity (Wildman–Crippen MR) is 115 cm³/mol. The highest BCUT2D eigenvalue weighted by molar-refractivity contribution is 6.23. The summed E-state index contributed by atoms with van der Waals surface area (Å²) in [6.07, 6.45) is 3.12. The lowest BCUT2D eigenvalue weighted by atomic mass is 10.0. The number of carboxylic acids is 1. The molecule has 2 aromatic carbocycles. The molecule has 1 N–H and O–H groups in total. The summed E-state index contributed by atoms with van der Waals surface area (Å²) in [4.78, 5) is 39.5. The normalized spacial score (nSPS) is 13.8. The maximum absolute atomic E-state index is 13.5. The van der Waals surface area contributed by atoms with E-state index in [2.05, 4.69) is 0 Å². The van der Waals surface area contributed by atoms with E-state index in [0.29, 0.717) is 29.4 Å². The van der Waals surface area contributed by atoms with Crippen molar-refractivity contribution in [1.29, 1.82) is 0 Å². The van der Waals surface area contributed by atoms with E-state index in [1.807, 2.05) is 19.1 Å². The Kier molecular flexibility index (Phi) is 5.68. The van der Waals surface area contributed by atoms with E-state index in [9.17, 15) is 19.5 Å². The van der Waals surface area contributed by atoms with Gasteiger partial charge in [0.1, 0.15) is 0 Å². The predicted octanol–water partition coefficient (Wildman–Crippen LogP) is 3.70. The van der Waals surface area contributed by atoms with Gasteiger partial charge >= 0.3 is 5.97 Å². The first-order valence-corrected chi connectivity index (χ1v) is 10.1. The number of nitrogens with zero attached hydrogens (tertiary/aromatic N) is 2. The third-order valence-electron chi connectivity index (χ3n) is 5.36. The second kappa shape index (κ2) is 8.58. The molecule has 1 aromatic heterocycles. The number of carbonyl (C=O) groups excluding carboxylic acids is 2. The van der Waals surface area contributed by atoms with Crippen LogP contribution in [0.25, 0.3) is 5.69 Å². The van der Waals surface area contributed by atoms with E-state index < -0.39 is 30.2 Å². The van der Waals surface area contributed by atoms with Gasteiger partial charge in [0.2, 0.25) is 0 Å². The first-order valence-electron chi connectivity index (χ1n) is 10.1. The highest BCUT2D eigenvalue weighted by Crippen LogP contribution is 2.38. The van der Waals surface area contributed by atoms with E-state index in [1.54, 1.807) is 53.4 Å². The fraction of sp³-hybridized carbons (Fsp3) is 0.208. The van der Waals surface area contributed by atoms with Crippen LogP contribution in [0.5, 0.6) is 11.5 Å². The van der Waals surface area contributed by atoms with Crippen LogP contribution in [0.15, 0.2) is 60.9 Å².